The second-order valence-electron chi connectivity index (χ2n) is 3.02. The normalized spacial score (nSPS) is 10.0. The van der Waals surface area contributed by atoms with Gasteiger partial charge in [-0.05, 0) is 24.4 Å². The van der Waals surface area contributed by atoms with Crippen LogP contribution in [0.4, 0.5) is 0 Å². The molecule has 0 aliphatic carbocycles. The maximum Gasteiger partial charge on any atom is 0.339 e. The van der Waals surface area contributed by atoms with Crippen molar-refractivity contribution in [2.24, 2.45) is 0 Å². The van der Waals surface area contributed by atoms with E-state index in [-0.39, 0.29) is 10.3 Å². The molecule has 2 aromatic rings. The maximum atomic E-state index is 11.0. The Hall–Kier alpha value is -2.08. The number of hydrogen-bond donors (Lipinski definition) is 2. The molecule has 0 fully saturated rings. The molecule has 2 N–H and O–H groups in total. The lowest BCUT2D eigenvalue weighted by molar-refractivity contribution is 0.0697. The van der Waals surface area contributed by atoms with Gasteiger partial charge in [0.05, 0.1) is 5.69 Å². The lowest BCUT2D eigenvalue weighted by Crippen LogP contribution is -2.03. The number of H-pyrrole nitrogens is 1. The van der Waals surface area contributed by atoms with Crippen molar-refractivity contribution in [2.75, 3.05) is 0 Å². The predicted molar refractivity (Wildman–Crippen MR) is 59.6 cm³/mol. The predicted octanol–water partition coefficient (Wildman–Crippen LogP) is 1.90. The molecule has 0 bridgehead atoms. The zero-order chi connectivity index (χ0) is 11.5. The highest BCUT2D eigenvalue weighted by Gasteiger charge is 2.12. The molecule has 0 amide bonds. The van der Waals surface area contributed by atoms with Crippen LogP contribution in [-0.2, 0) is 0 Å². The van der Waals surface area contributed by atoms with E-state index in [0.29, 0.717) is 11.3 Å². The topological polar surface area (TPSA) is 78.9 Å². The Morgan fingerprint density at radius 2 is 2.06 bits per heavy atom. The van der Waals surface area contributed by atoms with Gasteiger partial charge in [0, 0.05) is 24.2 Å². The minimum atomic E-state index is -1.05. The van der Waals surface area contributed by atoms with Gasteiger partial charge in [-0.1, -0.05) is 0 Å². The fourth-order valence-corrected chi connectivity index (χ4v) is 1.46. The summed E-state index contributed by atoms with van der Waals surface area (Å²) in [5, 5.41) is 9.01. The lowest BCUT2D eigenvalue weighted by Gasteiger charge is -2.04. The first-order valence-corrected chi connectivity index (χ1v) is 4.82. The van der Waals surface area contributed by atoms with Gasteiger partial charge in [-0.15, -0.1) is 0 Å². The van der Waals surface area contributed by atoms with E-state index < -0.39 is 5.97 Å². The largest absolute Gasteiger partial charge is 0.478 e. The highest BCUT2D eigenvalue weighted by Crippen LogP contribution is 2.19. The highest BCUT2D eigenvalue weighted by molar-refractivity contribution is 7.71. The van der Waals surface area contributed by atoms with Gasteiger partial charge >= 0.3 is 5.97 Å². The zero-order valence-corrected chi connectivity index (χ0v) is 8.86. The Kier molecular flexibility index (Phi) is 2.74. The highest BCUT2D eigenvalue weighted by atomic mass is 32.1. The van der Waals surface area contributed by atoms with E-state index in [0.717, 1.165) is 0 Å². The number of rotatable bonds is 2. The molecule has 2 heterocycles. The summed E-state index contributed by atoms with van der Waals surface area (Å²) in [7, 11) is 0. The van der Waals surface area contributed by atoms with Crippen molar-refractivity contribution in [3.63, 3.8) is 0 Å². The van der Waals surface area contributed by atoms with Crippen LogP contribution < -0.4 is 0 Å². The summed E-state index contributed by atoms with van der Waals surface area (Å²) in [6.45, 7) is 0. The van der Waals surface area contributed by atoms with Crippen molar-refractivity contribution in [1.29, 1.82) is 0 Å². The number of nitrogens with zero attached hydrogens (tertiary/aromatic N) is 2. The number of aromatic amines is 1. The third kappa shape index (κ3) is 1.96. The van der Waals surface area contributed by atoms with Crippen LogP contribution in [0.3, 0.4) is 0 Å². The molecule has 5 nitrogen and oxygen atoms in total. The fraction of sp³-hybridized carbons (Fsp3) is 0. The minimum absolute atomic E-state index is 0.0831. The average Bonchev–Trinajstić information content (AvgIpc) is 2.29. The summed E-state index contributed by atoms with van der Waals surface area (Å²) in [6, 6.07) is 3.40. The van der Waals surface area contributed by atoms with Gasteiger partial charge in [-0.2, -0.15) is 0 Å². The number of carboxylic acid groups (broad SMARTS) is 1. The van der Waals surface area contributed by atoms with Crippen LogP contribution in [0.25, 0.3) is 11.3 Å². The molecule has 0 atom stereocenters. The van der Waals surface area contributed by atoms with E-state index in [1.54, 1.807) is 24.5 Å². The first kappa shape index (κ1) is 10.4. The Morgan fingerprint density at radius 3 is 2.69 bits per heavy atom. The zero-order valence-electron chi connectivity index (χ0n) is 8.04. The Morgan fingerprint density at radius 1 is 1.38 bits per heavy atom. The molecule has 0 aromatic carbocycles. The second-order valence-corrected chi connectivity index (χ2v) is 3.40. The Labute approximate surface area is 95.8 Å². The van der Waals surface area contributed by atoms with Crippen molar-refractivity contribution in [1.82, 2.24) is 15.0 Å². The molecule has 0 spiro atoms. The number of pyridine rings is 1. The van der Waals surface area contributed by atoms with Gasteiger partial charge in [-0.3, -0.25) is 4.98 Å². The molecule has 16 heavy (non-hydrogen) atoms. The van der Waals surface area contributed by atoms with Crippen molar-refractivity contribution in [3.05, 3.63) is 41.1 Å². The van der Waals surface area contributed by atoms with E-state index in [2.05, 4.69) is 15.0 Å². The van der Waals surface area contributed by atoms with Gasteiger partial charge in [0.25, 0.3) is 0 Å². The summed E-state index contributed by atoms with van der Waals surface area (Å²) in [6.07, 6.45) is 4.41. The van der Waals surface area contributed by atoms with Gasteiger partial charge in [0.15, 0.2) is 4.77 Å². The summed E-state index contributed by atoms with van der Waals surface area (Å²) < 4.78 is 0.247. The van der Waals surface area contributed by atoms with Gasteiger partial charge in [-0.25, -0.2) is 9.78 Å². The number of nitrogens with one attached hydrogen (secondary N) is 1. The molecule has 0 unspecified atom stereocenters. The first-order chi connectivity index (χ1) is 7.68. The van der Waals surface area contributed by atoms with E-state index >= 15 is 0 Å². The Balaban J connectivity index is 2.68. The van der Waals surface area contributed by atoms with Crippen LogP contribution in [0, 0.1) is 4.77 Å². The maximum absolute atomic E-state index is 11.0. The standard InChI is InChI=1S/C10H7N3O2S/c14-9(15)7-5-12-10(16)13-8(7)6-1-3-11-4-2-6/h1-5H,(H,14,15)(H,12,13,16). The molecule has 0 radical (unpaired) electrons. The van der Waals surface area contributed by atoms with E-state index in [9.17, 15) is 4.79 Å². The second kappa shape index (κ2) is 4.19. The summed E-state index contributed by atoms with van der Waals surface area (Å²) in [4.78, 5) is 21.4. The van der Waals surface area contributed by atoms with Crippen LogP contribution in [0.1, 0.15) is 10.4 Å². The van der Waals surface area contributed by atoms with Crippen LogP contribution in [0.15, 0.2) is 30.7 Å². The van der Waals surface area contributed by atoms with Gasteiger partial charge in [0.1, 0.15) is 5.56 Å². The van der Waals surface area contributed by atoms with E-state index in [4.69, 9.17) is 17.3 Å². The monoisotopic (exact) mass is 233 g/mol. The molecule has 2 rings (SSSR count). The molecule has 0 saturated heterocycles. The number of hydrogen-bond acceptors (Lipinski definition) is 4. The average molecular weight is 233 g/mol. The van der Waals surface area contributed by atoms with E-state index in [1.807, 2.05) is 0 Å². The molecule has 2 aromatic heterocycles. The fourth-order valence-electron chi connectivity index (χ4n) is 1.30. The van der Waals surface area contributed by atoms with Crippen molar-refractivity contribution in [2.45, 2.75) is 0 Å². The van der Waals surface area contributed by atoms with Crippen molar-refractivity contribution >= 4 is 18.2 Å². The van der Waals surface area contributed by atoms with Crippen LogP contribution in [0.2, 0.25) is 0 Å². The molecular formula is C10H7N3O2S. The molecule has 0 saturated carbocycles. The summed E-state index contributed by atoms with van der Waals surface area (Å²) in [5.41, 5.74) is 1.23. The number of carbonyl (C=O) groups is 1. The molecule has 80 valence electrons. The SMILES string of the molecule is O=C(O)c1cnc(=S)[nH]c1-c1ccncc1. The third-order valence-corrected chi connectivity index (χ3v) is 2.22. The van der Waals surface area contributed by atoms with E-state index in [1.165, 1.54) is 6.20 Å². The summed E-state index contributed by atoms with van der Waals surface area (Å²) in [5.74, 6) is -1.05. The van der Waals surface area contributed by atoms with Crippen molar-refractivity contribution in [3.8, 4) is 11.3 Å². The van der Waals surface area contributed by atoms with Crippen molar-refractivity contribution < 1.29 is 9.90 Å². The quantitative estimate of drug-likeness (QED) is 0.774. The molecule has 0 aliphatic rings. The smallest absolute Gasteiger partial charge is 0.339 e. The van der Waals surface area contributed by atoms with Gasteiger partial charge in [0.2, 0.25) is 0 Å². The third-order valence-electron chi connectivity index (χ3n) is 2.01. The number of aromatic carboxylic acids is 1. The van der Waals surface area contributed by atoms with Gasteiger partial charge < -0.3 is 10.1 Å². The molecule has 6 heteroatoms. The molecule has 0 aliphatic heterocycles. The van der Waals surface area contributed by atoms with Crippen LogP contribution >= 0.6 is 12.2 Å². The number of carboxylic acids is 1. The lowest BCUT2D eigenvalue weighted by atomic mass is 10.1. The van der Waals surface area contributed by atoms with Crippen LogP contribution in [0.5, 0.6) is 0 Å². The molecular weight excluding hydrogens is 226 g/mol. The van der Waals surface area contributed by atoms with Crippen LogP contribution in [-0.4, -0.2) is 26.0 Å². The Bertz CT molecular complexity index is 580. The first-order valence-electron chi connectivity index (χ1n) is 4.41. The minimum Gasteiger partial charge on any atom is -0.478 e. The number of aromatic nitrogens is 3. The summed E-state index contributed by atoms with van der Waals surface area (Å²) >= 11 is 4.87.